The monoisotopic (exact) mass is 405 g/mol. The number of piperazine rings is 1. The summed E-state index contributed by atoms with van der Waals surface area (Å²) in [5.41, 5.74) is 3.33. The van der Waals surface area contributed by atoms with Gasteiger partial charge in [-0.05, 0) is 23.8 Å². The maximum atomic E-state index is 5.52. The number of nitrogens with zero attached hydrogens (tertiary/aromatic N) is 5. The van der Waals surface area contributed by atoms with Gasteiger partial charge in [-0.15, -0.1) is 0 Å². The summed E-state index contributed by atoms with van der Waals surface area (Å²) in [6, 6.07) is 16.4. The van der Waals surface area contributed by atoms with Crippen molar-refractivity contribution in [3.63, 3.8) is 0 Å². The van der Waals surface area contributed by atoms with Crippen molar-refractivity contribution in [1.29, 1.82) is 0 Å². The average molecular weight is 406 g/mol. The van der Waals surface area contributed by atoms with Crippen LogP contribution in [0.25, 0.3) is 11.4 Å². The second-order valence-electron chi connectivity index (χ2n) is 7.08. The van der Waals surface area contributed by atoms with E-state index in [-0.39, 0.29) is 0 Å². The van der Waals surface area contributed by atoms with E-state index in [0.717, 1.165) is 60.5 Å². The molecule has 2 heterocycles. The number of guanidine groups is 1. The van der Waals surface area contributed by atoms with Crippen molar-refractivity contribution in [3.8, 4) is 17.1 Å². The molecule has 0 bridgehead atoms. The second-order valence-corrected chi connectivity index (χ2v) is 7.08. The van der Waals surface area contributed by atoms with Crippen LogP contribution < -0.4 is 15.0 Å². The van der Waals surface area contributed by atoms with E-state index >= 15 is 0 Å². The van der Waals surface area contributed by atoms with Crippen LogP contribution in [0, 0.1) is 0 Å². The summed E-state index contributed by atoms with van der Waals surface area (Å²) in [4.78, 5) is 13.4. The minimum atomic E-state index is 0.696. The number of H-pyrrole nitrogens is 1. The van der Waals surface area contributed by atoms with Crippen molar-refractivity contribution < 1.29 is 4.74 Å². The summed E-state index contributed by atoms with van der Waals surface area (Å²) in [6.07, 6.45) is 1.52. The van der Waals surface area contributed by atoms with Gasteiger partial charge in [-0.2, -0.15) is 5.10 Å². The Kier molecular flexibility index (Phi) is 6.12. The Labute approximate surface area is 176 Å². The molecule has 0 amide bonds. The minimum absolute atomic E-state index is 0.696. The summed E-state index contributed by atoms with van der Waals surface area (Å²) >= 11 is 0. The molecule has 8 nitrogen and oxygen atoms in total. The minimum Gasteiger partial charge on any atom is -0.495 e. The summed E-state index contributed by atoms with van der Waals surface area (Å²) in [7, 11) is 3.55. The van der Waals surface area contributed by atoms with Crippen molar-refractivity contribution in [3.05, 3.63) is 60.4 Å². The Bertz CT molecular complexity index is 979. The third-order valence-electron chi connectivity index (χ3n) is 5.28. The van der Waals surface area contributed by atoms with E-state index < -0.39 is 0 Å². The maximum absolute atomic E-state index is 5.52. The molecule has 0 unspecified atom stereocenters. The molecular formula is C22H27N7O. The van der Waals surface area contributed by atoms with Crippen molar-refractivity contribution in [2.75, 3.05) is 45.2 Å². The number of rotatable bonds is 5. The molecule has 0 saturated carbocycles. The number of aliphatic imine (C=N–C) groups is 1. The molecule has 0 radical (unpaired) electrons. The quantitative estimate of drug-likeness (QED) is 0.501. The Morgan fingerprint density at radius 3 is 2.70 bits per heavy atom. The lowest BCUT2D eigenvalue weighted by molar-refractivity contribution is 0.367. The first-order valence-electron chi connectivity index (χ1n) is 10.1. The van der Waals surface area contributed by atoms with Gasteiger partial charge in [-0.1, -0.05) is 30.3 Å². The molecular weight excluding hydrogens is 378 g/mol. The van der Waals surface area contributed by atoms with Crippen LogP contribution >= 0.6 is 0 Å². The molecule has 30 heavy (non-hydrogen) atoms. The van der Waals surface area contributed by atoms with Crippen molar-refractivity contribution >= 4 is 11.6 Å². The fourth-order valence-corrected chi connectivity index (χ4v) is 3.74. The SMILES string of the molecule is CN=C(NCc1cccc(-c2ncn[nH]2)c1)N1CCN(c2ccccc2OC)CC1. The predicted molar refractivity (Wildman–Crippen MR) is 119 cm³/mol. The van der Waals surface area contributed by atoms with E-state index in [9.17, 15) is 0 Å². The molecule has 0 atom stereocenters. The number of hydrogen-bond acceptors (Lipinski definition) is 5. The fourth-order valence-electron chi connectivity index (χ4n) is 3.74. The highest BCUT2D eigenvalue weighted by Crippen LogP contribution is 2.28. The highest BCUT2D eigenvalue weighted by Gasteiger charge is 2.21. The Balaban J connectivity index is 1.35. The van der Waals surface area contributed by atoms with Gasteiger partial charge in [0.05, 0.1) is 12.8 Å². The average Bonchev–Trinajstić information content (AvgIpc) is 3.35. The molecule has 3 aromatic rings. The number of ether oxygens (including phenoxy) is 1. The Morgan fingerprint density at radius 2 is 1.97 bits per heavy atom. The molecule has 1 aliphatic rings. The lowest BCUT2D eigenvalue weighted by Gasteiger charge is -2.38. The summed E-state index contributed by atoms with van der Waals surface area (Å²) in [5, 5.41) is 10.3. The molecule has 0 aliphatic carbocycles. The molecule has 0 spiro atoms. The van der Waals surface area contributed by atoms with Crippen LogP contribution in [0.4, 0.5) is 5.69 Å². The van der Waals surface area contributed by atoms with Crippen LogP contribution in [0.1, 0.15) is 5.56 Å². The zero-order valence-corrected chi connectivity index (χ0v) is 17.4. The number of benzene rings is 2. The largest absolute Gasteiger partial charge is 0.495 e. The smallest absolute Gasteiger partial charge is 0.194 e. The highest BCUT2D eigenvalue weighted by molar-refractivity contribution is 5.80. The zero-order valence-electron chi connectivity index (χ0n) is 17.4. The zero-order chi connectivity index (χ0) is 20.8. The number of methoxy groups -OCH3 is 1. The molecule has 2 N–H and O–H groups in total. The van der Waals surface area contributed by atoms with Crippen LogP contribution in [-0.4, -0.2) is 66.4 Å². The standard InChI is InChI=1S/C22H27N7O/c1-23-22(24-15-17-6-5-7-18(14-17)21-25-16-26-27-21)29-12-10-28(11-13-29)19-8-3-4-9-20(19)30-2/h3-9,14,16H,10-13,15H2,1-2H3,(H,23,24)(H,25,26,27). The topological polar surface area (TPSA) is 81.7 Å². The summed E-state index contributed by atoms with van der Waals surface area (Å²) < 4.78 is 5.52. The molecule has 1 fully saturated rings. The van der Waals surface area contributed by atoms with Gasteiger partial charge >= 0.3 is 0 Å². The molecule has 8 heteroatoms. The van der Waals surface area contributed by atoms with Crippen molar-refractivity contribution in [1.82, 2.24) is 25.4 Å². The number of para-hydroxylation sites is 2. The lowest BCUT2D eigenvalue weighted by atomic mass is 10.1. The van der Waals surface area contributed by atoms with Crippen LogP contribution in [0.2, 0.25) is 0 Å². The van der Waals surface area contributed by atoms with Crippen LogP contribution in [-0.2, 0) is 6.54 Å². The van der Waals surface area contributed by atoms with Gasteiger partial charge < -0.3 is 19.9 Å². The lowest BCUT2D eigenvalue weighted by Crippen LogP contribution is -2.52. The van der Waals surface area contributed by atoms with Gasteiger partial charge in [0.25, 0.3) is 0 Å². The van der Waals surface area contributed by atoms with Gasteiger partial charge in [0.1, 0.15) is 12.1 Å². The van der Waals surface area contributed by atoms with E-state index in [0.29, 0.717) is 6.54 Å². The normalized spacial score (nSPS) is 14.7. The fraction of sp³-hybridized carbons (Fsp3) is 0.318. The van der Waals surface area contributed by atoms with Crippen LogP contribution in [0.5, 0.6) is 5.75 Å². The predicted octanol–water partition coefficient (Wildman–Crippen LogP) is 2.38. The van der Waals surface area contributed by atoms with E-state index in [1.807, 2.05) is 31.3 Å². The van der Waals surface area contributed by atoms with Crippen molar-refractivity contribution in [2.45, 2.75) is 6.54 Å². The first-order valence-corrected chi connectivity index (χ1v) is 10.1. The number of aromatic amines is 1. The first kappa shape index (κ1) is 19.8. The molecule has 156 valence electrons. The second kappa shape index (κ2) is 9.30. The number of anilines is 1. The molecule has 1 saturated heterocycles. The molecule has 1 aliphatic heterocycles. The first-order chi connectivity index (χ1) is 14.8. The third-order valence-corrected chi connectivity index (χ3v) is 5.28. The Morgan fingerprint density at radius 1 is 1.13 bits per heavy atom. The van der Waals surface area contributed by atoms with E-state index in [2.05, 4.69) is 59.6 Å². The van der Waals surface area contributed by atoms with E-state index in [1.165, 1.54) is 6.33 Å². The third kappa shape index (κ3) is 4.37. The van der Waals surface area contributed by atoms with Gasteiger partial charge in [0.2, 0.25) is 0 Å². The summed E-state index contributed by atoms with van der Waals surface area (Å²) in [5.74, 6) is 2.61. The van der Waals surface area contributed by atoms with E-state index in [1.54, 1.807) is 7.11 Å². The van der Waals surface area contributed by atoms with Crippen LogP contribution in [0.15, 0.2) is 59.9 Å². The number of hydrogen-bond donors (Lipinski definition) is 2. The highest BCUT2D eigenvalue weighted by atomic mass is 16.5. The molecule has 1 aromatic heterocycles. The van der Waals surface area contributed by atoms with Gasteiger partial charge in [-0.3, -0.25) is 10.1 Å². The number of aromatic nitrogens is 3. The number of nitrogens with one attached hydrogen (secondary N) is 2. The van der Waals surface area contributed by atoms with Gasteiger partial charge in [-0.25, -0.2) is 4.98 Å². The van der Waals surface area contributed by atoms with Crippen LogP contribution in [0.3, 0.4) is 0 Å². The van der Waals surface area contributed by atoms with Gasteiger partial charge in [0.15, 0.2) is 11.8 Å². The van der Waals surface area contributed by atoms with Crippen molar-refractivity contribution in [2.24, 2.45) is 4.99 Å². The van der Waals surface area contributed by atoms with E-state index in [4.69, 9.17) is 4.74 Å². The molecule has 2 aromatic carbocycles. The molecule has 4 rings (SSSR count). The Hall–Kier alpha value is -3.55. The maximum Gasteiger partial charge on any atom is 0.194 e. The summed E-state index contributed by atoms with van der Waals surface area (Å²) in [6.45, 7) is 4.33. The van der Waals surface area contributed by atoms with Gasteiger partial charge in [0, 0.05) is 45.3 Å².